The first-order valence-corrected chi connectivity index (χ1v) is 9.01. The van der Waals surface area contributed by atoms with E-state index in [9.17, 15) is 18.0 Å². The molecule has 0 saturated heterocycles. The standard InChI is InChI=1S/C19H16F3N3OS/c1-11-18(25-16-10-6-5-9-15(16)23-11)27-12(2)17(26)24-14-8-4-3-7-13(14)19(20,21)22/h3-10,12H,1-2H3,(H,24,26)/t12-/m1/s1. The topological polar surface area (TPSA) is 54.9 Å². The molecule has 0 spiro atoms. The van der Waals surface area contributed by atoms with Gasteiger partial charge in [0.15, 0.2) is 0 Å². The number of para-hydroxylation sites is 3. The molecule has 4 nitrogen and oxygen atoms in total. The molecule has 8 heteroatoms. The quantitative estimate of drug-likeness (QED) is 0.631. The van der Waals surface area contributed by atoms with E-state index in [4.69, 9.17) is 0 Å². The van der Waals surface area contributed by atoms with Crippen LogP contribution < -0.4 is 5.32 Å². The molecule has 1 heterocycles. The molecule has 0 radical (unpaired) electrons. The summed E-state index contributed by atoms with van der Waals surface area (Å²) in [7, 11) is 0. The maximum atomic E-state index is 13.1. The maximum absolute atomic E-state index is 13.1. The summed E-state index contributed by atoms with van der Waals surface area (Å²) in [5.74, 6) is -0.536. The van der Waals surface area contributed by atoms with Gasteiger partial charge in [-0.2, -0.15) is 13.2 Å². The predicted octanol–water partition coefficient (Wildman–Crippen LogP) is 5.08. The van der Waals surface area contributed by atoms with E-state index in [-0.39, 0.29) is 5.69 Å². The van der Waals surface area contributed by atoms with Crippen molar-refractivity contribution < 1.29 is 18.0 Å². The summed E-state index contributed by atoms with van der Waals surface area (Å²) < 4.78 is 39.2. The van der Waals surface area contributed by atoms with Crippen LogP contribution in [0.5, 0.6) is 0 Å². The van der Waals surface area contributed by atoms with Crippen molar-refractivity contribution >= 4 is 34.4 Å². The van der Waals surface area contributed by atoms with Gasteiger partial charge in [-0.05, 0) is 38.1 Å². The minimum Gasteiger partial charge on any atom is -0.325 e. The van der Waals surface area contributed by atoms with Gasteiger partial charge in [0.2, 0.25) is 5.91 Å². The molecule has 0 fully saturated rings. The highest BCUT2D eigenvalue weighted by Crippen LogP contribution is 2.35. The first-order valence-electron chi connectivity index (χ1n) is 8.13. The van der Waals surface area contributed by atoms with Gasteiger partial charge in [0.05, 0.1) is 33.2 Å². The maximum Gasteiger partial charge on any atom is 0.418 e. The number of nitrogens with zero attached hydrogens (tertiary/aromatic N) is 2. The van der Waals surface area contributed by atoms with Gasteiger partial charge in [-0.15, -0.1) is 0 Å². The molecule has 3 rings (SSSR count). The van der Waals surface area contributed by atoms with Crippen LogP contribution in [-0.2, 0) is 11.0 Å². The number of thioether (sulfide) groups is 1. The van der Waals surface area contributed by atoms with Crippen molar-refractivity contribution in [3.05, 3.63) is 59.8 Å². The first-order chi connectivity index (χ1) is 12.8. The van der Waals surface area contributed by atoms with Crippen LogP contribution in [0, 0.1) is 6.92 Å². The lowest BCUT2D eigenvalue weighted by Gasteiger charge is -2.16. The smallest absolute Gasteiger partial charge is 0.325 e. The molecule has 2 aromatic carbocycles. The summed E-state index contributed by atoms with van der Waals surface area (Å²) in [6.07, 6.45) is -4.54. The monoisotopic (exact) mass is 391 g/mol. The van der Waals surface area contributed by atoms with Gasteiger partial charge >= 0.3 is 6.18 Å². The van der Waals surface area contributed by atoms with Gasteiger partial charge in [0.25, 0.3) is 0 Å². The van der Waals surface area contributed by atoms with Crippen LogP contribution in [0.3, 0.4) is 0 Å². The molecular formula is C19H16F3N3OS. The number of nitrogens with one attached hydrogen (secondary N) is 1. The number of hydrogen-bond acceptors (Lipinski definition) is 4. The highest BCUT2D eigenvalue weighted by molar-refractivity contribution is 8.00. The van der Waals surface area contributed by atoms with E-state index < -0.39 is 22.9 Å². The fourth-order valence-corrected chi connectivity index (χ4v) is 3.35. The molecule has 140 valence electrons. The molecule has 0 aliphatic heterocycles. The largest absolute Gasteiger partial charge is 0.418 e. The van der Waals surface area contributed by atoms with E-state index in [1.165, 1.54) is 18.2 Å². The second-order valence-electron chi connectivity index (χ2n) is 5.90. The minimum absolute atomic E-state index is 0.260. The van der Waals surface area contributed by atoms with Crippen molar-refractivity contribution in [3.63, 3.8) is 0 Å². The minimum atomic E-state index is -4.54. The molecule has 0 unspecified atom stereocenters. The number of benzene rings is 2. The fraction of sp³-hybridized carbons (Fsp3) is 0.211. The Morgan fingerprint density at radius 1 is 1.04 bits per heavy atom. The molecule has 1 aromatic heterocycles. The molecule has 0 aliphatic carbocycles. The number of anilines is 1. The van der Waals surface area contributed by atoms with Gasteiger partial charge < -0.3 is 5.32 Å². The van der Waals surface area contributed by atoms with Gasteiger partial charge in [-0.1, -0.05) is 36.0 Å². The normalized spacial score (nSPS) is 12.8. The number of alkyl halides is 3. The van der Waals surface area contributed by atoms with Crippen molar-refractivity contribution in [2.75, 3.05) is 5.32 Å². The molecule has 1 amide bonds. The Kier molecular flexibility index (Phi) is 5.36. The van der Waals surface area contributed by atoms with Crippen LogP contribution in [-0.4, -0.2) is 21.1 Å². The molecule has 0 bridgehead atoms. The Hall–Kier alpha value is -2.61. The van der Waals surface area contributed by atoms with E-state index in [1.807, 2.05) is 24.3 Å². The third kappa shape index (κ3) is 4.39. The number of carbonyl (C=O) groups is 1. The van der Waals surface area contributed by atoms with E-state index >= 15 is 0 Å². The van der Waals surface area contributed by atoms with Crippen LogP contribution in [0.1, 0.15) is 18.2 Å². The Morgan fingerprint density at radius 3 is 2.30 bits per heavy atom. The Morgan fingerprint density at radius 2 is 1.63 bits per heavy atom. The lowest BCUT2D eigenvalue weighted by atomic mass is 10.1. The van der Waals surface area contributed by atoms with E-state index in [0.717, 1.165) is 23.3 Å². The zero-order valence-corrected chi connectivity index (χ0v) is 15.4. The number of hydrogen-bond donors (Lipinski definition) is 1. The number of halogens is 3. The van der Waals surface area contributed by atoms with Crippen molar-refractivity contribution in [1.82, 2.24) is 9.97 Å². The van der Waals surface area contributed by atoms with Gasteiger partial charge in [0.1, 0.15) is 5.03 Å². The molecule has 27 heavy (non-hydrogen) atoms. The summed E-state index contributed by atoms with van der Waals surface area (Å²) in [4.78, 5) is 21.4. The first kappa shape index (κ1) is 19.2. The van der Waals surface area contributed by atoms with E-state index in [2.05, 4.69) is 15.3 Å². The molecule has 0 aliphatic rings. The third-order valence-electron chi connectivity index (χ3n) is 3.85. The summed E-state index contributed by atoms with van der Waals surface area (Å²) in [6, 6.07) is 12.3. The Bertz CT molecular complexity index is 991. The number of aromatic nitrogens is 2. The highest BCUT2D eigenvalue weighted by Gasteiger charge is 2.34. The molecule has 1 N–H and O–H groups in total. The zero-order chi connectivity index (χ0) is 19.6. The molecule has 1 atom stereocenters. The van der Waals surface area contributed by atoms with Crippen LogP contribution in [0.4, 0.5) is 18.9 Å². The number of fused-ring (bicyclic) bond motifs is 1. The van der Waals surface area contributed by atoms with Crippen LogP contribution >= 0.6 is 11.8 Å². The fourth-order valence-electron chi connectivity index (χ4n) is 2.48. The molecule has 3 aromatic rings. The third-order valence-corrected chi connectivity index (χ3v) is 5.03. The summed E-state index contributed by atoms with van der Waals surface area (Å²) >= 11 is 1.16. The van der Waals surface area contributed by atoms with Crippen LogP contribution in [0.25, 0.3) is 11.0 Å². The number of carbonyl (C=O) groups excluding carboxylic acids is 1. The van der Waals surface area contributed by atoms with Gasteiger partial charge in [-0.3, -0.25) is 4.79 Å². The molecular weight excluding hydrogens is 375 g/mol. The van der Waals surface area contributed by atoms with E-state index in [0.29, 0.717) is 16.2 Å². The number of amides is 1. The SMILES string of the molecule is Cc1nc2ccccc2nc1S[C@H](C)C(=O)Nc1ccccc1C(F)(F)F. The Balaban J connectivity index is 1.78. The zero-order valence-electron chi connectivity index (χ0n) is 14.5. The summed E-state index contributed by atoms with van der Waals surface area (Å²) in [5.41, 5.74) is 0.964. The van der Waals surface area contributed by atoms with Gasteiger partial charge in [0, 0.05) is 0 Å². The van der Waals surface area contributed by atoms with Gasteiger partial charge in [-0.25, -0.2) is 9.97 Å². The average molecular weight is 391 g/mol. The lowest BCUT2D eigenvalue weighted by molar-refractivity contribution is -0.137. The van der Waals surface area contributed by atoms with Crippen LogP contribution in [0.2, 0.25) is 0 Å². The second kappa shape index (κ2) is 7.56. The van der Waals surface area contributed by atoms with Crippen molar-refractivity contribution in [1.29, 1.82) is 0 Å². The molecule has 0 saturated carbocycles. The average Bonchev–Trinajstić information content (AvgIpc) is 2.61. The van der Waals surface area contributed by atoms with Crippen LogP contribution in [0.15, 0.2) is 53.6 Å². The van der Waals surface area contributed by atoms with Crippen molar-refractivity contribution in [2.45, 2.75) is 30.3 Å². The lowest BCUT2D eigenvalue weighted by Crippen LogP contribution is -2.24. The predicted molar refractivity (Wildman–Crippen MR) is 99.7 cm³/mol. The summed E-state index contributed by atoms with van der Waals surface area (Å²) in [6.45, 7) is 3.40. The van der Waals surface area contributed by atoms with Crippen molar-refractivity contribution in [2.24, 2.45) is 0 Å². The highest BCUT2D eigenvalue weighted by atomic mass is 32.2. The Labute approximate surface area is 158 Å². The summed E-state index contributed by atoms with van der Waals surface area (Å²) in [5, 5.41) is 2.28. The number of rotatable bonds is 4. The number of aryl methyl sites for hydroxylation is 1. The van der Waals surface area contributed by atoms with E-state index in [1.54, 1.807) is 13.8 Å². The second-order valence-corrected chi connectivity index (χ2v) is 7.23. The van der Waals surface area contributed by atoms with Crippen molar-refractivity contribution in [3.8, 4) is 0 Å².